The van der Waals surface area contributed by atoms with E-state index in [9.17, 15) is 4.79 Å². The van der Waals surface area contributed by atoms with E-state index in [1.807, 2.05) is 46.6 Å². The first-order chi connectivity index (χ1) is 16.2. The summed E-state index contributed by atoms with van der Waals surface area (Å²) < 4.78 is 2.33. The van der Waals surface area contributed by atoms with Gasteiger partial charge in [-0.05, 0) is 68.0 Å². The van der Waals surface area contributed by atoms with Gasteiger partial charge in [0.05, 0.1) is 18.3 Å². The molecule has 2 aromatic carbocycles. The van der Waals surface area contributed by atoms with Crippen molar-refractivity contribution in [3.05, 3.63) is 106 Å². The van der Waals surface area contributed by atoms with Gasteiger partial charge in [0, 0.05) is 22.3 Å². The van der Waals surface area contributed by atoms with Crippen LogP contribution in [-0.4, -0.2) is 15.5 Å². The summed E-state index contributed by atoms with van der Waals surface area (Å²) in [5, 5.41) is 4.44. The predicted molar refractivity (Wildman–Crippen MR) is 134 cm³/mol. The van der Waals surface area contributed by atoms with E-state index in [1.54, 1.807) is 0 Å². The Morgan fingerprint density at radius 1 is 0.939 bits per heavy atom. The molecule has 4 aromatic rings. The van der Waals surface area contributed by atoms with Crippen LogP contribution < -0.4 is 5.32 Å². The molecule has 2 aliphatic rings. The van der Waals surface area contributed by atoms with Crippen molar-refractivity contribution in [1.82, 2.24) is 9.47 Å². The lowest BCUT2D eigenvalue weighted by Crippen LogP contribution is -2.38. The molecule has 5 heteroatoms. The lowest BCUT2D eigenvalue weighted by atomic mass is 9.95. The van der Waals surface area contributed by atoms with Gasteiger partial charge in [-0.1, -0.05) is 48.0 Å². The number of hydrogen-bond acceptors (Lipinski definition) is 2. The third-order valence-corrected chi connectivity index (χ3v) is 8.19. The van der Waals surface area contributed by atoms with Crippen LogP contribution >= 0.6 is 11.3 Å². The number of benzene rings is 2. The number of para-hydroxylation sites is 1. The predicted octanol–water partition coefficient (Wildman–Crippen LogP) is 6.86. The molecule has 3 heterocycles. The van der Waals surface area contributed by atoms with E-state index in [4.69, 9.17) is 0 Å². The van der Waals surface area contributed by atoms with Gasteiger partial charge in [-0.15, -0.1) is 11.3 Å². The van der Waals surface area contributed by atoms with Crippen LogP contribution in [0.4, 0.5) is 10.5 Å². The van der Waals surface area contributed by atoms with Crippen LogP contribution in [0.25, 0.3) is 5.00 Å². The number of aromatic nitrogens is 1. The zero-order chi connectivity index (χ0) is 22.4. The van der Waals surface area contributed by atoms with Crippen molar-refractivity contribution in [3.8, 4) is 5.00 Å². The second-order valence-corrected chi connectivity index (χ2v) is 10.1. The molecular weight excluding hydrogens is 426 g/mol. The highest BCUT2D eigenvalue weighted by molar-refractivity contribution is 7.15. The van der Waals surface area contributed by atoms with Crippen LogP contribution in [0.1, 0.15) is 51.7 Å². The number of urea groups is 1. The number of aryl methyl sites for hydroxylation is 2. The van der Waals surface area contributed by atoms with Gasteiger partial charge < -0.3 is 14.8 Å². The molecule has 2 amide bonds. The number of anilines is 1. The first kappa shape index (κ1) is 20.3. The van der Waals surface area contributed by atoms with Crippen LogP contribution in [-0.2, 0) is 19.4 Å². The monoisotopic (exact) mass is 453 g/mol. The van der Waals surface area contributed by atoms with Crippen LogP contribution in [0.15, 0.2) is 72.9 Å². The minimum Gasteiger partial charge on any atom is -0.310 e. The van der Waals surface area contributed by atoms with Crippen molar-refractivity contribution in [2.24, 2.45) is 0 Å². The largest absolute Gasteiger partial charge is 0.322 e. The molecule has 166 valence electrons. The van der Waals surface area contributed by atoms with E-state index in [-0.39, 0.29) is 12.1 Å². The minimum absolute atomic E-state index is 0.0665. The van der Waals surface area contributed by atoms with Crippen molar-refractivity contribution in [2.75, 3.05) is 5.32 Å². The fourth-order valence-corrected chi connectivity index (χ4v) is 6.61. The second-order valence-electron chi connectivity index (χ2n) is 9.03. The van der Waals surface area contributed by atoms with E-state index in [1.165, 1.54) is 39.4 Å². The molecule has 0 spiro atoms. The number of carbonyl (C=O) groups excluding carboxylic acids is 1. The summed E-state index contributed by atoms with van der Waals surface area (Å²) in [6.45, 7) is 2.71. The normalized spacial score (nSPS) is 17.0. The van der Waals surface area contributed by atoms with Gasteiger partial charge >= 0.3 is 6.03 Å². The number of nitrogens with one attached hydrogen (secondary N) is 1. The Labute approximate surface area is 198 Å². The Bertz CT molecular complexity index is 1300. The molecule has 0 radical (unpaired) electrons. The Morgan fingerprint density at radius 2 is 1.73 bits per heavy atom. The Morgan fingerprint density at radius 3 is 2.55 bits per heavy atom. The molecule has 1 atom stereocenters. The molecule has 0 saturated heterocycles. The Hall–Kier alpha value is -3.31. The summed E-state index contributed by atoms with van der Waals surface area (Å²) in [6, 6.07) is 22.4. The van der Waals surface area contributed by atoms with Gasteiger partial charge in [0.1, 0.15) is 5.00 Å². The topological polar surface area (TPSA) is 37.3 Å². The highest BCUT2D eigenvalue weighted by Gasteiger charge is 2.36. The van der Waals surface area contributed by atoms with E-state index in [0.717, 1.165) is 29.8 Å². The van der Waals surface area contributed by atoms with E-state index in [2.05, 4.69) is 59.4 Å². The van der Waals surface area contributed by atoms with Crippen LogP contribution in [0, 0.1) is 6.92 Å². The van der Waals surface area contributed by atoms with Gasteiger partial charge in [0.2, 0.25) is 0 Å². The van der Waals surface area contributed by atoms with E-state index >= 15 is 0 Å². The lowest BCUT2D eigenvalue weighted by Gasteiger charge is -2.31. The first-order valence-corrected chi connectivity index (χ1v) is 12.5. The van der Waals surface area contributed by atoms with Crippen molar-refractivity contribution in [3.63, 3.8) is 0 Å². The van der Waals surface area contributed by atoms with Crippen LogP contribution in [0.2, 0.25) is 0 Å². The zero-order valence-corrected chi connectivity index (χ0v) is 19.6. The fourth-order valence-electron chi connectivity index (χ4n) is 5.20. The molecule has 0 unspecified atom stereocenters. The third-order valence-electron chi connectivity index (χ3n) is 6.86. The van der Waals surface area contributed by atoms with E-state index < -0.39 is 0 Å². The molecule has 0 saturated carbocycles. The average Bonchev–Trinajstić information content (AvgIpc) is 3.42. The van der Waals surface area contributed by atoms with Crippen molar-refractivity contribution in [2.45, 2.75) is 45.2 Å². The van der Waals surface area contributed by atoms with Crippen LogP contribution in [0.3, 0.4) is 0 Å². The van der Waals surface area contributed by atoms with Crippen molar-refractivity contribution >= 4 is 23.1 Å². The summed E-state index contributed by atoms with van der Waals surface area (Å²) in [5.74, 6) is 0. The highest BCUT2D eigenvalue weighted by atomic mass is 32.1. The minimum atomic E-state index is -0.164. The lowest BCUT2D eigenvalue weighted by molar-refractivity contribution is 0.194. The molecule has 6 rings (SSSR count). The molecule has 1 aliphatic carbocycles. The SMILES string of the molecule is Cc1ccc([C@H]2c3cccn3-c3sc4c(c3CN2C(=O)Nc2ccccc2)CCCC4)cc1. The number of nitrogens with zero attached hydrogens (tertiary/aromatic N) is 2. The second kappa shape index (κ2) is 8.23. The molecule has 0 bridgehead atoms. The van der Waals surface area contributed by atoms with Crippen molar-refractivity contribution in [1.29, 1.82) is 0 Å². The number of hydrogen-bond donors (Lipinski definition) is 1. The van der Waals surface area contributed by atoms with Gasteiger partial charge in [-0.2, -0.15) is 0 Å². The maximum atomic E-state index is 13.8. The molecule has 4 nitrogen and oxygen atoms in total. The molecular formula is C28H27N3OS. The van der Waals surface area contributed by atoms with Crippen LogP contribution in [0.5, 0.6) is 0 Å². The van der Waals surface area contributed by atoms with Gasteiger partial charge in [0.15, 0.2) is 0 Å². The maximum Gasteiger partial charge on any atom is 0.322 e. The summed E-state index contributed by atoms with van der Waals surface area (Å²) in [7, 11) is 0. The first-order valence-electron chi connectivity index (χ1n) is 11.7. The molecule has 1 aliphatic heterocycles. The fraction of sp³-hybridized carbons (Fsp3) is 0.250. The smallest absolute Gasteiger partial charge is 0.310 e. The number of fused-ring (bicyclic) bond motifs is 5. The molecule has 2 aromatic heterocycles. The Balaban J connectivity index is 1.51. The summed E-state index contributed by atoms with van der Waals surface area (Å²) in [6.07, 6.45) is 6.92. The van der Waals surface area contributed by atoms with Gasteiger partial charge in [-0.3, -0.25) is 0 Å². The third kappa shape index (κ3) is 3.57. The van der Waals surface area contributed by atoms with E-state index in [0.29, 0.717) is 6.54 Å². The van der Waals surface area contributed by atoms with Gasteiger partial charge in [0.25, 0.3) is 0 Å². The molecule has 33 heavy (non-hydrogen) atoms. The number of rotatable bonds is 2. The standard InChI is InChI=1S/C28H27N3OS/c1-19-13-15-20(16-14-19)26-24-11-7-17-30(24)27-23(22-10-5-6-12-25(22)33-27)18-31(26)28(32)29-21-8-3-2-4-9-21/h2-4,7-9,11,13-17,26H,5-6,10,12,18H2,1H3,(H,29,32)/t26-/m0/s1. The van der Waals surface area contributed by atoms with Gasteiger partial charge in [-0.25, -0.2) is 4.79 Å². The molecule has 1 N–H and O–H groups in total. The highest BCUT2D eigenvalue weighted by Crippen LogP contribution is 2.44. The quantitative estimate of drug-likeness (QED) is 0.354. The summed E-state index contributed by atoms with van der Waals surface area (Å²) in [4.78, 5) is 17.3. The summed E-state index contributed by atoms with van der Waals surface area (Å²) in [5.41, 5.74) is 7.11. The summed E-state index contributed by atoms with van der Waals surface area (Å²) >= 11 is 1.92. The maximum absolute atomic E-state index is 13.8. The number of thiophene rings is 1. The average molecular weight is 454 g/mol. The van der Waals surface area contributed by atoms with Crippen molar-refractivity contribution < 1.29 is 4.79 Å². The number of carbonyl (C=O) groups is 1. The Kier molecular flexibility index (Phi) is 5.07. The number of amides is 2. The zero-order valence-electron chi connectivity index (χ0n) is 18.8. The molecule has 0 fully saturated rings.